The lowest BCUT2D eigenvalue weighted by molar-refractivity contribution is -0.141. The fraction of sp³-hybridized carbons (Fsp3) is 0.355. The molecular weight excluding hydrogens is 526 g/mol. The number of amides is 2. The first kappa shape index (κ1) is 30.7. The standard InChI is InChI=1S/C31H39N3O5S/c1-23-16-17-27(19-24(23)2)34(40(5,37)38)18-10-15-30(35)33(22-26-13-9-14-28(20-26)39-4)29(31(36)32-3)21-25-11-7-6-8-12-25/h6-9,11-14,16-17,19-20,29H,10,15,18,21-22H2,1-5H3,(H,32,36). The molecule has 214 valence electrons. The number of benzene rings is 3. The highest BCUT2D eigenvalue weighted by atomic mass is 32.2. The number of sulfonamides is 1. The normalized spacial score (nSPS) is 11.9. The fourth-order valence-electron chi connectivity index (χ4n) is 4.57. The van der Waals surface area contributed by atoms with Gasteiger partial charge in [0, 0.05) is 33.0 Å². The highest BCUT2D eigenvalue weighted by molar-refractivity contribution is 7.92. The minimum Gasteiger partial charge on any atom is -0.497 e. The van der Waals surface area contributed by atoms with Gasteiger partial charge in [0.1, 0.15) is 11.8 Å². The van der Waals surface area contributed by atoms with Crippen LogP contribution in [0.3, 0.4) is 0 Å². The smallest absolute Gasteiger partial charge is 0.242 e. The number of methoxy groups -OCH3 is 1. The highest BCUT2D eigenvalue weighted by Gasteiger charge is 2.30. The molecule has 0 aliphatic carbocycles. The zero-order chi connectivity index (χ0) is 29.3. The molecule has 3 rings (SSSR count). The molecule has 0 saturated carbocycles. The lowest BCUT2D eigenvalue weighted by Crippen LogP contribution is -2.49. The van der Waals surface area contributed by atoms with Crippen molar-refractivity contribution in [1.29, 1.82) is 0 Å². The number of hydrogen-bond donors (Lipinski definition) is 1. The van der Waals surface area contributed by atoms with Crippen LogP contribution in [0.2, 0.25) is 0 Å². The van der Waals surface area contributed by atoms with Gasteiger partial charge in [-0.3, -0.25) is 13.9 Å². The SMILES string of the molecule is CNC(=O)C(Cc1ccccc1)N(Cc1cccc(OC)c1)C(=O)CCCN(c1ccc(C)c(C)c1)S(C)(=O)=O. The monoisotopic (exact) mass is 565 g/mol. The molecule has 2 amide bonds. The van der Waals surface area contributed by atoms with Gasteiger partial charge in [-0.15, -0.1) is 0 Å². The van der Waals surface area contributed by atoms with E-state index >= 15 is 0 Å². The van der Waals surface area contributed by atoms with Gasteiger partial charge in [-0.05, 0) is 66.8 Å². The van der Waals surface area contributed by atoms with Crippen molar-refractivity contribution in [3.8, 4) is 5.75 Å². The van der Waals surface area contributed by atoms with Gasteiger partial charge in [0.05, 0.1) is 19.1 Å². The van der Waals surface area contributed by atoms with E-state index < -0.39 is 16.1 Å². The summed E-state index contributed by atoms with van der Waals surface area (Å²) in [5.41, 5.74) is 4.37. The summed E-state index contributed by atoms with van der Waals surface area (Å²) in [6.45, 7) is 4.25. The van der Waals surface area contributed by atoms with Crippen LogP contribution in [0.15, 0.2) is 72.8 Å². The molecule has 1 unspecified atom stereocenters. The number of nitrogens with one attached hydrogen (secondary N) is 1. The summed E-state index contributed by atoms with van der Waals surface area (Å²) in [5, 5.41) is 2.71. The van der Waals surface area contributed by atoms with Gasteiger partial charge in [0.15, 0.2) is 0 Å². The van der Waals surface area contributed by atoms with Gasteiger partial charge < -0.3 is 15.0 Å². The number of ether oxygens (including phenoxy) is 1. The van der Waals surface area contributed by atoms with Crippen molar-refractivity contribution in [2.24, 2.45) is 0 Å². The maximum atomic E-state index is 13.8. The molecule has 40 heavy (non-hydrogen) atoms. The van der Waals surface area contributed by atoms with Crippen LogP contribution in [0.5, 0.6) is 5.75 Å². The second-order valence-corrected chi connectivity index (χ2v) is 11.8. The van der Waals surface area contributed by atoms with E-state index in [0.29, 0.717) is 24.3 Å². The Kier molecular flexibility index (Phi) is 10.7. The van der Waals surface area contributed by atoms with E-state index in [1.807, 2.05) is 80.6 Å². The first-order valence-corrected chi connectivity index (χ1v) is 15.1. The van der Waals surface area contributed by atoms with E-state index in [0.717, 1.165) is 22.3 Å². The molecule has 0 aliphatic heterocycles. The average molecular weight is 566 g/mol. The van der Waals surface area contributed by atoms with Gasteiger partial charge in [-0.2, -0.15) is 0 Å². The molecule has 0 aromatic heterocycles. The van der Waals surface area contributed by atoms with Crippen molar-refractivity contribution in [3.63, 3.8) is 0 Å². The summed E-state index contributed by atoms with van der Waals surface area (Å²) in [5.74, 6) is 0.149. The van der Waals surface area contributed by atoms with Crippen molar-refractivity contribution in [3.05, 3.63) is 95.1 Å². The maximum absolute atomic E-state index is 13.8. The Morgan fingerprint density at radius 3 is 2.25 bits per heavy atom. The summed E-state index contributed by atoms with van der Waals surface area (Å²) in [7, 11) is -0.431. The average Bonchev–Trinajstić information content (AvgIpc) is 2.94. The molecule has 1 atom stereocenters. The number of carbonyl (C=O) groups is 2. The number of aryl methyl sites for hydroxylation is 2. The lowest BCUT2D eigenvalue weighted by atomic mass is 10.0. The van der Waals surface area contributed by atoms with Gasteiger partial charge in [0.2, 0.25) is 21.8 Å². The third-order valence-corrected chi connectivity index (χ3v) is 8.13. The van der Waals surface area contributed by atoms with Crippen LogP contribution in [-0.4, -0.2) is 58.1 Å². The largest absolute Gasteiger partial charge is 0.497 e. The third kappa shape index (κ3) is 8.32. The van der Waals surface area contributed by atoms with Crippen LogP contribution >= 0.6 is 0 Å². The van der Waals surface area contributed by atoms with E-state index in [-0.39, 0.29) is 31.3 Å². The van der Waals surface area contributed by atoms with Crippen molar-refractivity contribution < 1.29 is 22.7 Å². The van der Waals surface area contributed by atoms with Crippen LogP contribution in [-0.2, 0) is 32.6 Å². The Balaban J connectivity index is 1.86. The second-order valence-electron chi connectivity index (χ2n) is 9.90. The number of nitrogens with zero attached hydrogens (tertiary/aromatic N) is 2. The number of carbonyl (C=O) groups excluding carboxylic acids is 2. The summed E-state index contributed by atoms with van der Waals surface area (Å²) in [4.78, 5) is 28.5. The molecule has 1 N–H and O–H groups in total. The lowest BCUT2D eigenvalue weighted by Gasteiger charge is -2.31. The first-order valence-electron chi connectivity index (χ1n) is 13.3. The highest BCUT2D eigenvalue weighted by Crippen LogP contribution is 2.23. The van der Waals surface area contributed by atoms with Gasteiger partial charge in [-0.1, -0.05) is 48.5 Å². The summed E-state index contributed by atoms with van der Waals surface area (Å²) < 4.78 is 32.0. The Bertz CT molecular complexity index is 1410. The van der Waals surface area contributed by atoms with Crippen molar-refractivity contribution in [2.45, 2.75) is 45.7 Å². The zero-order valence-electron chi connectivity index (χ0n) is 23.9. The molecule has 0 aliphatic rings. The molecular formula is C31H39N3O5S. The van der Waals surface area contributed by atoms with E-state index in [9.17, 15) is 18.0 Å². The Morgan fingerprint density at radius 2 is 1.62 bits per heavy atom. The molecule has 0 fully saturated rings. The molecule has 9 heteroatoms. The fourth-order valence-corrected chi connectivity index (χ4v) is 5.53. The maximum Gasteiger partial charge on any atom is 0.242 e. The molecule has 0 spiro atoms. The van der Waals surface area contributed by atoms with Crippen LogP contribution in [0, 0.1) is 13.8 Å². The zero-order valence-corrected chi connectivity index (χ0v) is 24.7. The predicted octanol–water partition coefficient (Wildman–Crippen LogP) is 4.24. The van der Waals surface area contributed by atoms with E-state index in [2.05, 4.69) is 5.32 Å². The van der Waals surface area contributed by atoms with Gasteiger partial charge in [-0.25, -0.2) is 8.42 Å². The predicted molar refractivity (Wildman–Crippen MR) is 159 cm³/mol. The van der Waals surface area contributed by atoms with E-state index in [1.54, 1.807) is 25.1 Å². The molecule has 0 bridgehead atoms. The second kappa shape index (κ2) is 14.0. The van der Waals surface area contributed by atoms with Crippen LogP contribution in [0.25, 0.3) is 0 Å². The van der Waals surface area contributed by atoms with Crippen molar-refractivity contribution >= 4 is 27.5 Å². The van der Waals surface area contributed by atoms with Crippen LogP contribution in [0.1, 0.15) is 35.1 Å². The Labute approximate surface area is 238 Å². The molecule has 8 nitrogen and oxygen atoms in total. The Hall–Kier alpha value is -3.85. The summed E-state index contributed by atoms with van der Waals surface area (Å²) in [6.07, 6.45) is 1.87. The van der Waals surface area contributed by atoms with E-state index in [1.165, 1.54) is 10.6 Å². The molecule has 0 radical (unpaired) electrons. The number of hydrogen-bond acceptors (Lipinski definition) is 5. The van der Waals surface area contributed by atoms with Crippen LogP contribution < -0.4 is 14.4 Å². The molecule has 3 aromatic rings. The minimum absolute atomic E-state index is 0.0725. The molecule has 3 aromatic carbocycles. The number of likely N-dealkylation sites (N-methyl/N-ethyl adjacent to an activating group) is 1. The van der Waals surface area contributed by atoms with Gasteiger partial charge in [0.25, 0.3) is 0 Å². The number of rotatable bonds is 13. The minimum atomic E-state index is -3.57. The van der Waals surface area contributed by atoms with E-state index in [4.69, 9.17) is 4.74 Å². The topological polar surface area (TPSA) is 96.0 Å². The Morgan fingerprint density at radius 1 is 0.925 bits per heavy atom. The first-order chi connectivity index (χ1) is 19.0. The van der Waals surface area contributed by atoms with Crippen molar-refractivity contribution in [1.82, 2.24) is 10.2 Å². The third-order valence-electron chi connectivity index (χ3n) is 6.94. The van der Waals surface area contributed by atoms with Crippen LogP contribution in [0.4, 0.5) is 5.69 Å². The van der Waals surface area contributed by atoms with Gasteiger partial charge >= 0.3 is 0 Å². The summed E-state index contributed by atoms with van der Waals surface area (Å²) in [6, 6.07) is 21.7. The molecule has 0 saturated heterocycles. The quantitative estimate of drug-likeness (QED) is 0.334. The number of anilines is 1. The van der Waals surface area contributed by atoms with Crippen molar-refractivity contribution in [2.75, 3.05) is 31.3 Å². The summed E-state index contributed by atoms with van der Waals surface area (Å²) >= 11 is 0. The molecule has 0 heterocycles.